The zero-order valence-electron chi connectivity index (χ0n) is 10.1. The van der Waals surface area contributed by atoms with Gasteiger partial charge in [-0.15, -0.1) is 0 Å². The van der Waals surface area contributed by atoms with Crippen LogP contribution >= 0.6 is 11.3 Å². The van der Waals surface area contributed by atoms with Crippen LogP contribution in [0.5, 0.6) is 0 Å². The molecular weight excluding hydrogens is 276 g/mol. The number of rotatable bonds is 2. The van der Waals surface area contributed by atoms with Gasteiger partial charge in [0.05, 0.1) is 5.56 Å². The fourth-order valence-corrected chi connectivity index (χ4v) is 2.54. The second-order valence-electron chi connectivity index (χ2n) is 4.12. The van der Waals surface area contributed by atoms with E-state index in [-0.39, 0.29) is 5.36 Å². The maximum Gasteiger partial charge on any atom is 0.272 e. The summed E-state index contributed by atoms with van der Waals surface area (Å²) in [7, 11) is 0. The highest BCUT2D eigenvalue weighted by molar-refractivity contribution is 7.08. The van der Waals surface area contributed by atoms with Crippen LogP contribution in [0.15, 0.2) is 55.8 Å². The van der Waals surface area contributed by atoms with Gasteiger partial charge in [-0.25, -0.2) is 5.43 Å². The SMILES string of the molecule is O=C(NN=c1c(=O)c2ccccc2c1=O)c1ccsc1. The van der Waals surface area contributed by atoms with Crippen molar-refractivity contribution in [2.24, 2.45) is 5.10 Å². The molecular formula is C14H8N2O3S. The van der Waals surface area contributed by atoms with E-state index in [4.69, 9.17) is 0 Å². The quantitative estimate of drug-likeness (QED) is 0.705. The van der Waals surface area contributed by atoms with Gasteiger partial charge >= 0.3 is 0 Å². The molecule has 1 heterocycles. The van der Waals surface area contributed by atoms with Crippen LogP contribution in [-0.4, -0.2) is 5.91 Å². The van der Waals surface area contributed by atoms with Crippen molar-refractivity contribution in [3.63, 3.8) is 0 Å². The van der Waals surface area contributed by atoms with Crippen molar-refractivity contribution in [3.8, 4) is 0 Å². The van der Waals surface area contributed by atoms with Gasteiger partial charge < -0.3 is 0 Å². The molecule has 0 saturated heterocycles. The molecule has 1 aromatic heterocycles. The highest BCUT2D eigenvalue weighted by atomic mass is 32.1. The summed E-state index contributed by atoms with van der Waals surface area (Å²) in [5.74, 6) is -0.449. The van der Waals surface area contributed by atoms with Crippen molar-refractivity contribution < 1.29 is 4.79 Å². The second-order valence-corrected chi connectivity index (χ2v) is 4.90. The molecule has 2 aromatic carbocycles. The number of carbonyl (C=O) groups excluding carboxylic acids is 1. The van der Waals surface area contributed by atoms with Crippen molar-refractivity contribution in [1.82, 2.24) is 5.43 Å². The Morgan fingerprint density at radius 1 is 1.05 bits per heavy atom. The van der Waals surface area contributed by atoms with E-state index in [0.29, 0.717) is 16.3 Å². The third-order valence-corrected chi connectivity index (χ3v) is 3.58. The molecule has 0 aliphatic heterocycles. The molecule has 98 valence electrons. The Morgan fingerprint density at radius 2 is 1.70 bits per heavy atom. The molecule has 1 amide bonds. The number of benzene rings is 1. The number of fused-ring (bicyclic) bond motifs is 1. The van der Waals surface area contributed by atoms with Crippen molar-refractivity contribution in [3.05, 3.63) is 72.5 Å². The van der Waals surface area contributed by atoms with Crippen molar-refractivity contribution >= 4 is 28.0 Å². The van der Waals surface area contributed by atoms with E-state index >= 15 is 0 Å². The standard InChI is InChI=1S/C14H8N2O3S/c17-12-9-3-1-2-4-10(9)13(18)11(12)15-16-14(19)8-5-6-20-7-8/h1-7H,(H,16,19). The Bertz CT molecular complexity index is 885. The first kappa shape index (κ1) is 12.4. The van der Waals surface area contributed by atoms with Crippen LogP contribution < -0.4 is 21.6 Å². The van der Waals surface area contributed by atoms with Gasteiger partial charge in [-0.05, 0) is 11.4 Å². The number of nitrogens with zero attached hydrogens (tertiary/aromatic N) is 1. The first-order chi connectivity index (χ1) is 9.68. The third kappa shape index (κ3) is 1.96. The minimum atomic E-state index is -0.462. The highest BCUT2D eigenvalue weighted by Crippen LogP contribution is 2.05. The van der Waals surface area contributed by atoms with Crippen molar-refractivity contribution in [1.29, 1.82) is 0 Å². The zero-order valence-corrected chi connectivity index (χ0v) is 10.9. The topological polar surface area (TPSA) is 75.6 Å². The predicted molar refractivity (Wildman–Crippen MR) is 76.2 cm³/mol. The summed E-state index contributed by atoms with van der Waals surface area (Å²) in [5.41, 5.74) is 1.75. The lowest BCUT2D eigenvalue weighted by Gasteiger charge is -1.93. The lowest BCUT2D eigenvalue weighted by molar-refractivity contribution is 0.0953. The molecule has 0 radical (unpaired) electrons. The van der Waals surface area contributed by atoms with Crippen molar-refractivity contribution in [2.75, 3.05) is 0 Å². The minimum absolute atomic E-state index is 0.255. The Labute approximate surface area is 116 Å². The summed E-state index contributed by atoms with van der Waals surface area (Å²) < 4.78 is 0. The summed E-state index contributed by atoms with van der Waals surface area (Å²) in [5, 5.41) is 7.47. The number of carbonyl (C=O) groups is 1. The monoisotopic (exact) mass is 284 g/mol. The number of amides is 1. The van der Waals surface area contributed by atoms with Gasteiger partial charge in [-0.2, -0.15) is 16.4 Å². The molecule has 0 aliphatic carbocycles. The average Bonchev–Trinajstić information content (AvgIpc) is 3.07. The van der Waals surface area contributed by atoms with Gasteiger partial charge in [0.1, 0.15) is 0 Å². The van der Waals surface area contributed by atoms with E-state index in [1.807, 2.05) is 0 Å². The molecule has 0 fully saturated rings. The number of hydrogen-bond acceptors (Lipinski definition) is 5. The van der Waals surface area contributed by atoms with Crippen molar-refractivity contribution in [2.45, 2.75) is 0 Å². The van der Waals surface area contributed by atoms with Gasteiger partial charge in [-0.3, -0.25) is 14.4 Å². The first-order valence-electron chi connectivity index (χ1n) is 5.77. The second kappa shape index (κ2) is 4.82. The lowest BCUT2D eigenvalue weighted by Crippen LogP contribution is -2.35. The molecule has 6 heteroatoms. The van der Waals surface area contributed by atoms with Crippen LogP contribution in [0.4, 0.5) is 0 Å². The van der Waals surface area contributed by atoms with E-state index in [2.05, 4.69) is 10.5 Å². The molecule has 0 aliphatic rings. The summed E-state index contributed by atoms with van der Waals surface area (Å²) in [6, 6.07) is 8.12. The van der Waals surface area contributed by atoms with E-state index in [1.165, 1.54) is 11.3 Å². The molecule has 0 unspecified atom stereocenters. The zero-order chi connectivity index (χ0) is 14.1. The van der Waals surface area contributed by atoms with Crippen LogP contribution in [0, 0.1) is 0 Å². The number of hydrogen-bond donors (Lipinski definition) is 1. The lowest BCUT2D eigenvalue weighted by atomic mass is 10.2. The summed E-state index contributed by atoms with van der Waals surface area (Å²) >= 11 is 1.37. The van der Waals surface area contributed by atoms with E-state index in [0.717, 1.165) is 0 Å². The van der Waals surface area contributed by atoms with E-state index in [1.54, 1.807) is 41.1 Å². The Balaban J connectivity index is 2.07. The molecule has 3 aromatic rings. The van der Waals surface area contributed by atoms with Crippen LogP contribution in [0.2, 0.25) is 0 Å². The summed E-state index contributed by atoms with van der Waals surface area (Å²) in [6.07, 6.45) is 0. The molecule has 0 bridgehead atoms. The molecule has 3 rings (SSSR count). The maximum atomic E-state index is 12.0. The van der Waals surface area contributed by atoms with Gasteiger partial charge in [0.25, 0.3) is 5.91 Å². The van der Waals surface area contributed by atoms with Gasteiger partial charge in [0.15, 0.2) is 5.36 Å². The van der Waals surface area contributed by atoms with Crippen LogP contribution in [0.3, 0.4) is 0 Å². The number of thiophene rings is 1. The molecule has 0 saturated carbocycles. The fourth-order valence-electron chi connectivity index (χ4n) is 1.90. The minimum Gasteiger partial charge on any atom is -0.287 e. The third-order valence-electron chi connectivity index (χ3n) is 2.90. The van der Waals surface area contributed by atoms with Gasteiger partial charge in [0.2, 0.25) is 10.9 Å². The highest BCUT2D eigenvalue weighted by Gasteiger charge is 2.11. The normalized spacial score (nSPS) is 10.6. The summed E-state index contributed by atoms with van der Waals surface area (Å²) in [4.78, 5) is 35.7. The van der Waals surface area contributed by atoms with Crippen LogP contribution in [0.25, 0.3) is 10.8 Å². The molecule has 0 atom stereocenters. The largest absolute Gasteiger partial charge is 0.287 e. The Morgan fingerprint density at radius 3 is 2.25 bits per heavy atom. The van der Waals surface area contributed by atoms with Gasteiger partial charge in [-0.1, -0.05) is 24.3 Å². The molecule has 1 N–H and O–H groups in total. The predicted octanol–water partition coefficient (Wildman–Crippen LogP) is 0.743. The smallest absolute Gasteiger partial charge is 0.272 e. The summed E-state index contributed by atoms with van der Waals surface area (Å²) in [6.45, 7) is 0. The van der Waals surface area contributed by atoms with E-state index in [9.17, 15) is 14.4 Å². The average molecular weight is 284 g/mol. The molecule has 5 nitrogen and oxygen atoms in total. The first-order valence-corrected chi connectivity index (χ1v) is 6.71. The van der Waals surface area contributed by atoms with Crippen LogP contribution in [-0.2, 0) is 0 Å². The maximum absolute atomic E-state index is 12.0. The molecule has 20 heavy (non-hydrogen) atoms. The molecule has 0 spiro atoms. The number of nitrogens with one attached hydrogen (secondary N) is 1. The Kier molecular flexibility index (Phi) is 3.00. The van der Waals surface area contributed by atoms with E-state index < -0.39 is 16.8 Å². The van der Waals surface area contributed by atoms with Crippen LogP contribution in [0.1, 0.15) is 10.4 Å². The van der Waals surface area contributed by atoms with Gasteiger partial charge in [0, 0.05) is 16.2 Å². The fraction of sp³-hybridized carbons (Fsp3) is 0. The Hall–Kier alpha value is -2.60.